The lowest BCUT2D eigenvalue weighted by Gasteiger charge is -2.17. The Balaban J connectivity index is 1.44. The van der Waals surface area contributed by atoms with Gasteiger partial charge in [0.2, 0.25) is 0 Å². The highest BCUT2D eigenvalue weighted by Gasteiger charge is 2.12. The molecule has 4 rings (SSSR count). The summed E-state index contributed by atoms with van der Waals surface area (Å²) in [5, 5.41) is 23.6. The van der Waals surface area contributed by atoms with Crippen molar-refractivity contribution in [2.24, 2.45) is 0 Å². The van der Waals surface area contributed by atoms with Gasteiger partial charge in [0.15, 0.2) is 0 Å². The number of aromatic amines is 1. The molecule has 0 bridgehead atoms. The highest BCUT2D eigenvalue weighted by Crippen LogP contribution is 2.18. The van der Waals surface area contributed by atoms with E-state index in [1.165, 1.54) is 0 Å². The van der Waals surface area contributed by atoms with Gasteiger partial charge >= 0.3 is 0 Å². The summed E-state index contributed by atoms with van der Waals surface area (Å²) in [5.74, 6) is 0.305. The first-order valence-electron chi connectivity index (χ1n) is 9.33. The van der Waals surface area contributed by atoms with Crippen LogP contribution in [-0.2, 0) is 6.42 Å². The first-order valence-corrected chi connectivity index (χ1v) is 9.33. The lowest BCUT2D eigenvalue weighted by atomic mass is 10.1. The topological polar surface area (TPSA) is 103 Å². The molecule has 2 aromatic carbocycles. The molecule has 7 heteroatoms. The number of aromatic nitrogens is 3. The van der Waals surface area contributed by atoms with Gasteiger partial charge in [-0.1, -0.05) is 30.3 Å². The number of carbonyl (C=O) groups is 1. The number of pyridine rings is 1. The summed E-state index contributed by atoms with van der Waals surface area (Å²) < 4.78 is 0. The van der Waals surface area contributed by atoms with Crippen molar-refractivity contribution < 1.29 is 9.90 Å². The van der Waals surface area contributed by atoms with E-state index in [-0.39, 0.29) is 18.6 Å². The number of benzene rings is 2. The molecule has 0 spiro atoms. The third-order valence-electron chi connectivity index (χ3n) is 4.62. The summed E-state index contributed by atoms with van der Waals surface area (Å²) in [5.41, 5.74) is 3.19. The van der Waals surface area contributed by atoms with Crippen LogP contribution in [0.3, 0.4) is 0 Å². The van der Waals surface area contributed by atoms with E-state index in [0.717, 1.165) is 16.5 Å². The van der Waals surface area contributed by atoms with E-state index >= 15 is 0 Å². The number of rotatable bonds is 7. The number of carbonyl (C=O) groups excluding carboxylic acids is 1. The van der Waals surface area contributed by atoms with Gasteiger partial charge in [-0.15, -0.1) is 0 Å². The zero-order valence-corrected chi connectivity index (χ0v) is 15.7. The zero-order chi connectivity index (χ0) is 20.1. The third kappa shape index (κ3) is 4.59. The van der Waals surface area contributed by atoms with Crippen LogP contribution in [0.5, 0.6) is 0 Å². The number of aliphatic hydroxyl groups is 1. The average Bonchev–Trinajstić information content (AvgIpc) is 3.22. The number of nitrogens with zero attached hydrogens (tertiary/aromatic N) is 2. The second-order valence-electron chi connectivity index (χ2n) is 6.77. The molecule has 2 aromatic heterocycles. The highest BCUT2D eigenvalue weighted by molar-refractivity contribution is 6.05. The summed E-state index contributed by atoms with van der Waals surface area (Å²) in [7, 11) is 0. The van der Waals surface area contributed by atoms with Gasteiger partial charge < -0.3 is 15.7 Å². The van der Waals surface area contributed by atoms with Gasteiger partial charge in [-0.3, -0.25) is 9.89 Å². The molecule has 0 unspecified atom stereocenters. The van der Waals surface area contributed by atoms with Crippen molar-refractivity contribution in [3.63, 3.8) is 0 Å². The molecular weight excluding hydrogens is 366 g/mol. The number of H-pyrrole nitrogens is 1. The van der Waals surface area contributed by atoms with Crippen LogP contribution in [0.25, 0.3) is 10.9 Å². The Morgan fingerprint density at radius 2 is 1.97 bits per heavy atom. The van der Waals surface area contributed by atoms with Gasteiger partial charge in [0, 0.05) is 22.8 Å². The molecule has 0 radical (unpaired) electrons. The smallest absolute Gasteiger partial charge is 0.255 e. The fourth-order valence-corrected chi connectivity index (χ4v) is 3.14. The molecule has 0 aliphatic rings. The summed E-state index contributed by atoms with van der Waals surface area (Å²) in [6, 6.07) is 18.6. The zero-order valence-electron chi connectivity index (χ0n) is 15.7. The normalized spacial score (nSPS) is 11.9. The van der Waals surface area contributed by atoms with Crippen LogP contribution < -0.4 is 10.6 Å². The molecule has 0 aliphatic heterocycles. The largest absolute Gasteiger partial charge is 0.394 e. The molecule has 0 aliphatic carbocycles. The summed E-state index contributed by atoms with van der Waals surface area (Å²) >= 11 is 0. The second kappa shape index (κ2) is 8.53. The third-order valence-corrected chi connectivity index (χ3v) is 4.62. The summed E-state index contributed by atoms with van der Waals surface area (Å²) in [6.07, 6.45) is 3.94. The number of aliphatic hydroxyl groups excluding tert-OH is 1. The van der Waals surface area contributed by atoms with Crippen molar-refractivity contribution in [3.8, 4) is 0 Å². The van der Waals surface area contributed by atoms with Gasteiger partial charge in [0.1, 0.15) is 5.82 Å². The van der Waals surface area contributed by atoms with Crippen molar-refractivity contribution in [2.45, 2.75) is 12.5 Å². The Labute approximate surface area is 167 Å². The maximum atomic E-state index is 12.6. The van der Waals surface area contributed by atoms with Crippen molar-refractivity contribution in [1.29, 1.82) is 0 Å². The maximum Gasteiger partial charge on any atom is 0.255 e. The van der Waals surface area contributed by atoms with E-state index in [1.54, 1.807) is 24.5 Å². The van der Waals surface area contributed by atoms with Crippen LogP contribution in [-0.4, -0.2) is 38.8 Å². The van der Waals surface area contributed by atoms with Crippen molar-refractivity contribution in [2.75, 3.05) is 17.2 Å². The average molecular weight is 387 g/mol. The van der Waals surface area contributed by atoms with Crippen LogP contribution in [0.2, 0.25) is 0 Å². The van der Waals surface area contributed by atoms with Crippen molar-refractivity contribution in [1.82, 2.24) is 15.2 Å². The van der Waals surface area contributed by atoms with Crippen LogP contribution >= 0.6 is 0 Å². The minimum Gasteiger partial charge on any atom is -0.394 e. The predicted molar refractivity (Wildman–Crippen MR) is 113 cm³/mol. The Morgan fingerprint density at radius 1 is 1.10 bits per heavy atom. The first-order chi connectivity index (χ1) is 14.2. The van der Waals surface area contributed by atoms with E-state index < -0.39 is 0 Å². The van der Waals surface area contributed by atoms with Crippen LogP contribution in [0, 0.1) is 0 Å². The van der Waals surface area contributed by atoms with Gasteiger partial charge in [0.05, 0.1) is 24.4 Å². The lowest BCUT2D eigenvalue weighted by Crippen LogP contribution is -2.27. The fraction of sp³-hybridized carbons (Fsp3) is 0.136. The fourth-order valence-electron chi connectivity index (χ4n) is 3.14. The molecule has 1 amide bonds. The number of hydrogen-bond donors (Lipinski definition) is 4. The number of fused-ring (bicyclic) bond motifs is 1. The monoisotopic (exact) mass is 387 g/mol. The maximum absolute atomic E-state index is 12.6. The van der Waals surface area contributed by atoms with Crippen LogP contribution in [0.4, 0.5) is 11.5 Å². The number of anilines is 2. The number of hydrogen-bond acceptors (Lipinski definition) is 5. The molecule has 0 saturated heterocycles. The van der Waals surface area contributed by atoms with Gasteiger partial charge in [0.25, 0.3) is 5.91 Å². The SMILES string of the molecule is O=C(Nc1ccc2[nH]ncc2c1)c1ccnc(N[C@@H](CO)Cc2ccccc2)c1. The molecular formula is C22H21N5O2. The Bertz CT molecular complexity index is 1110. The van der Waals surface area contributed by atoms with Gasteiger partial charge in [-0.2, -0.15) is 5.10 Å². The minimum absolute atomic E-state index is 0.0439. The Kier molecular flexibility index (Phi) is 5.49. The molecule has 2 heterocycles. The van der Waals surface area contributed by atoms with E-state index in [9.17, 15) is 9.90 Å². The van der Waals surface area contributed by atoms with Gasteiger partial charge in [-0.05, 0) is 42.3 Å². The van der Waals surface area contributed by atoms with Crippen molar-refractivity contribution >= 4 is 28.3 Å². The Hall–Kier alpha value is -3.71. The minimum atomic E-state index is -0.234. The van der Waals surface area contributed by atoms with Crippen LogP contribution in [0.15, 0.2) is 73.1 Å². The first kappa shape index (κ1) is 18.6. The number of nitrogens with one attached hydrogen (secondary N) is 3. The molecule has 0 fully saturated rings. The van der Waals surface area contributed by atoms with E-state index in [2.05, 4.69) is 25.8 Å². The predicted octanol–water partition coefficient (Wildman–Crippen LogP) is 3.23. The molecule has 4 aromatic rings. The quantitative estimate of drug-likeness (QED) is 0.390. The summed E-state index contributed by atoms with van der Waals surface area (Å²) in [6.45, 7) is -0.0439. The number of amides is 1. The van der Waals surface area contributed by atoms with Gasteiger partial charge in [-0.25, -0.2) is 4.98 Å². The van der Waals surface area contributed by atoms with Crippen molar-refractivity contribution in [3.05, 3.63) is 84.2 Å². The molecule has 146 valence electrons. The van der Waals surface area contributed by atoms with E-state index in [1.807, 2.05) is 48.5 Å². The highest BCUT2D eigenvalue weighted by atomic mass is 16.3. The molecule has 7 nitrogen and oxygen atoms in total. The molecule has 4 N–H and O–H groups in total. The standard InChI is InChI=1S/C22H21N5O2/c28-14-19(10-15-4-2-1-3-5-15)25-21-12-16(8-9-23-21)22(29)26-18-6-7-20-17(11-18)13-24-27-20/h1-9,11-13,19,28H,10,14H2,(H,23,25)(H,24,27)(H,26,29)/t19-/m1/s1. The summed E-state index contributed by atoms with van der Waals surface area (Å²) in [4.78, 5) is 16.9. The molecule has 29 heavy (non-hydrogen) atoms. The lowest BCUT2D eigenvalue weighted by molar-refractivity contribution is 0.102. The Morgan fingerprint density at radius 3 is 2.79 bits per heavy atom. The molecule has 0 saturated carbocycles. The molecule has 1 atom stereocenters. The van der Waals surface area contributed by atoms with Crippen LogP contribution in [0.1, 0.15) is 15.9 Å². The van der Waals surface area contributed by atoms with E-state index in [0.29, 0.717) is 23.5 Å². The second-order valence-corrected chi connectivity index (χ2v) is 6.77. The van der Waals surface area contributed by atoms with E-state index in [4.69, 9.17) is 0 Å².